The molecule has 2 aliphatic heterocycles. The van der Waals surface area contributed by atoms with Crippen molar-refractivity contribution in [2.45, 2.75) is 31.3 Å². The Morgan fingerprint density at radius 1 is 1.03 bits per heavy atom. The van der Waals surface area contributed by atoms with Crippen LogP contribution in [0.5, 0.6) is 0 Å². The molecule has 0 bridgehead atoms. The lowest BCUT2D eigenvalue weighted by Crippen LogP contribution is -2.37. The van der Waals surface area contributed by atoms with Crippen LogP contribution in [0.25, 0.3) is 0 Å². The molecule has 33 heavy (non-hydrogen) atoms. The quantitative estimate of drug-likeness (QED) is 0.570. The number of hydrogen-bond acceptors (Lipinski definition) is 7. The Hall–Kier alpha value is -3.16. The van der Waals surface area contributed by atoms with E-state index in [1.165, 1.54) is 24.1 Å². The zero-order valence-corrected chi connectivity index (χ0v) is 19.4. The summed E-state index contributed by atoms with van der Waals surface area (Å²) in [5.74, 6) is 1.51. The van der Waals surface area contributed by atoms with Crippen molar-refractivity contribution in [3.8, 4) is 0 Å². The highest BCUT2D eigenvalue weighted by Crippen LogP contribution is 2.34. The first kappa shape index (κ1) is 21.7. The van der Waals surface area contributed by atoms with Gasteiger partial charge in [0, 0.05) is 43.0 Å². The minimum Gasteiger partial charge on any atom is -0.367 e. The first-order chi connectivity index (χ1) is 16.2. The molecule has 2 saturated heterocycles. The van der Waals surface area contributed by atoms with E-state index < -0.39 is 0 Å². The maximum Gasteiger partial charge on any atom is 0.158 e. The number of hydrogen-bond donors (Lipinski definition) is 1. The molecule has 7 heteroatoms. The normalized spacial score (nSPS) is 20.6. The minimum atomic E-state index is 0.156. The van der Waals surface area contributed by atoms with Crippen molar-refractivity contribution in [2.24, 2.45) is 0 Å². The van der Waals surface area contributed by atoms with Crippen molar-refractivity contribution in [3.05, 3.63) is 72.6 Å². The molecule has 3 heterocycles. The highest BCUT2D eigenvalue weighted by Gasteiger charge is 2.29. The monoisotopic (exact) mass is 444 g/mol. The molecular weight excluding hydrogens is 412 g/mol. The van der Waals surface area contributed by atoms with Crippen molar-refractivity contribution < 1.29 is 4.84 Å². The SMILES string of the molecule is CN(C)C[C@@H]1CCCN1c1ccc(Nc2cc(N3OCC[C@@H]3c3ccccc3)ncn2)cc1. The van der Waals surface area contributed by atoms with Crippen LogP contribution in [0.3, 0.4) is 0 Å². The fourth-order valence-corrected chi connectivity index (χ4v) is 4.88. The summed E-state index contributed by atoms with van der Waals surface area (Å²) in [5, 5.41) is 5.33. The second-order valence-electron chi connectivity index (χ2n) is 9.06. The summed E-state index contributed by atoms with van der Waals surface area (Å²) in [7, 11) is 4.30. The van der Waals surface area contributed by atoms with Gasteiger partial charge in [0.25, 0.3) is 0 Å². The van der Waals surface area contributed by atoms with Crippen molar-refractivity contribution in [3.63, 3.8) is 0 Å². The van der Waals surface area contributed by atoms with Crippen LogP contribution in [0.1, 0.15) is 30.9 Å². The molecule has 0 spiro atoms. The minimum absolute atomic E-state index is 0.156. The van der Waals surface area contributed by atoms with Gasteiger partial charge in [-0.05, 0) is 56.8 Å². The van der Waals surface area contributed by atoms with Gasteiger partial charge >= 0.3 is 0 Å². The van der Waals surface area contributed by atoms with Crippen molar-refractivity contribution >= 4 is 23.0 Å². The van der Waals surface area contributed by atoms with Gasteiger partial charge in [-0.15, -0.1) is 0 Å². The van der Waals surface area contributed by atoms with Crippen LogP contribution in [-0.4, -0.2) is 54.7 Å². The Kier molecular flexibility index (Phi) is 6.41. The van der Waals surface area contributed by atoms with Crippen LogP contribution in [0.2, 0.25) is 0 Å². The smallest absolute Gasteiger partial charge is 0.158 e. The van der Waals surface area contributed by atoms with Gasteiger partial charge in [0.2, 0.25) is 0 Å². The molecular formula is C26H32N6O. The first-order valence-corrected chi connectivity index (χ1v) is 11.7. The summed E-state index contributed by atoms with van der Waals surface area (Å²) >= 11 is 0. The molecule has 3 aromatic rings. The Balaban J connectivity index is 1.28. The molecule has 172 valence electrons. The maximum atomic E-state index is 5.93. The van der Waals surface area contributed by atoms with Crippen LogP contribution in [0.4, 0.5) is 23.0 Å². The molecule has 5 rings (SSSR count). The number of rotatable bonds is 7. The lowest BCUT2D eigenvalue weighted by molar-refractivity contribution is 0.157. The number of aromatic nitrogens is 2. The number of nitrogens with one attached hydrogen (secondary N) is 1. The third kappa shape index (κ3) is 4.94. The van der Waals surface area contributed by atoms with Gasteiger partial charge in [-0.1, -0.05) is 30.3 Å². The average molecular weight is 445 g/mol. The van der Waals surface area contributed by atoms with Crippen LogP contribution >= 0.6 is 0 Å². The highest BCUT2D eigenvalue weighted by molar-refractivity contribution is 5.63. The number of nitrogens with zero attached hydrogens (tertiary/aromatic N) is 5. The molecule has 7 nitrogen and oxygen atoms in total. The molecule has 2 atom stereocenters. The lowest BCUT2D eigenvalue weighted by atomic mass is 10.0. The number of likely N-dealkylation sites (N-methyl/N-ethyl adjacent to an activating group) is 1. The summed E-state index contributed by atoms with van der Waals surface area (Å²) in [6, 6.07) is 21.8. The van der Waals surface area contributed by atoms with E-state index in [-0.39, 0.29) is 6.04 Å². The van der Waals surface area contributed by atoms with Crippen LogP contribution < -0.4 is 15.3 Å². The number of benzene rings is 2. The lowest BCUT2D eigenvalue weighted by Gasteiger charge is -2.29. The fraction of sp³-hybridized carbons (Fsp3) is 0.385. The molecule has 1 N–H and O–H groups in total. The van der Waals surface area contributed by atoms with Crippen molar-refractivity contribution in [1.82, 2.24) is 14.9 Å². The predicted octanol–water partition coefficient (Wildman–Crippen LogP) is 4.63. The van der Waals surface area contributed by atoms with Gasteiger partial charge in [0.15, 0.2) is 5.82 Å². The molecule has 0 unspecified atom stereocenters. The van der Waals surface area contributed by atoms with E-state index in [1.807, 2.05) is 17.2 Å². The summed E-state index contributed by atoms with van der Waals surface area (Å²) in [4.78, 5) is 19.6. The van der Waals surface area contributed by atoms with E-state index in [4.69, 9.17) is 4.84 Å². The molecule has 0 amide bonds. The van der Waals surface area contributed by atoms with E-state index in [0.717, 1.165) is 36.8 Å². The third-order valence-electron chi connectivity index (χ3n) is 6.39. The fourth-order valence-electron chi connectivity index (χ4n) is 4.88. The van der Waals surface area contributed by atoms with Gasteiger partial charge in [-0.2, -0.15) is 0 Å². The number of hydroxylamine groups is 1. The molecule has 1 aromatic heterocycles. The Bertz CT molecular complexity index is 1040. The van der Waals surface area contributed by atoms with Crippen molar-refractivity contribution in [1.29, 1.82) is 0 Å². The molecule has 2 aromatic carbocycles. The molecule has 0 radical (unpaired) electrons. The summed E-state index contributed by atoms with van der Waals surface area (Å²) in [6.07, 6.45) is 5.03. The van der Waals surface area contributed by atoms with Crippen LogP contribution in [0, 0.1) is 0 Å². The molecule has 2 fully saturated rings. The summed E-state index contributed by atoms with van der Waals surface area (Å²) in [6.45, 7) is 2.89. The summed E-state index contributed by atoms with van der Waals surface area (Å²) in [5.41, 5.74) is 3.52. The summed E-state index contributed by atoms with van der Waals surface area (Å²) < 4.78 is 0. The molecule has 2 aliphatic rings. The largest absolute Gasteiger partial charge is 0.367 e. The second-order valence-corrected chi connectivity index (χ2v) is 9.06. The molecule has 0 aliphatic carbocycles. The standard InChI is InChI=1S/C26H32N6O/c1-30(2)18-23-9-6-15-31(23)22-12-10-21(11-13-22)29-25-17-26(28-19-27-25)32-24(14-16-33-32)20-7-4-3-5-8-20/h3-5,7-8,10-13,17,19,23-24H,6,9,14-16,18H2,1-2H3,(H,27,28,29)/t23-,24+/m0/s1. The van der Waals surface area contributed by atoms with E-state index in [9.17, 15) is 0 Å². The van der Waals surface area contributed by atoms with Gasteiger partial charge < -0.3 is 15.1 Å². The van der Waals surface area contributed by atoms with Crippen LogP contribution in [-0.2, 0) is 4.84 Å². The number of anilines is 4. The second kappa shape index (κ2) is 9.77. The van der Waals surface area contributed by atoms with Gasteiger partial charge in [-0.25, -0.2) is 15.0 Å². The Morgan fingerprint density at radius 3 is 2.64 bits per heavy atom. The molecule has 0 saturated carbocycles. The predicted molar refractivity (Wildman–Crippen MR) is 133 cm³/mol. The maximum absolute atomic E-state index is 5.93. The Morgan fingerprint density at radius 2 is 1.85 bits per heavy atom. The zero-order valence-electron chi connectivity index (χ0n) is 19.4. The highest BCUT2D eigenvalue weighted by atomic mass is 16.7. The average Bonchev–Trinajstić information content (AvgIpc) is 3.50. The van der Waals surface area contributed by atoms with Crippen LogP contribution in [0.15, 0.2) is 67.0 Å². The van der Waals surface area contributed by atoms with Crippen molar-refractivity contribution in [2.75, 3.05) is 49.1 Å². The van der Waals surface area contributed by atoms with Gasteiger partial charge in [0.05, 0.1) is 12.6 Å². The Labute approximate surface area is 196 Å². The van der Waals surface area contributed by atoms with E-state index in [0.29, 0.717) is 12.6 Å². The van der Waals surface area contributed by atoms with E-state index in [2.05, 4.69) is 87.7 Å². The van der Waals surface area contributed by atoms with Gasteiger partial charge in [-0.3, -0.25) is 4.84 Å². The topological polar surface area (TPSA) is 56.8 Å². The van der Waals surface area contributed by atoms with E-state index >= 15 is 0 Å². The van der Waals surface area contributed by atoms with Gasteiger partial charge in [0.1, 0.15) is 12.1 Å². The first-order valence-electron chi connectivity index (χ1n) is 11.7. The third-order valence-corrected chi connectivity index (χ3v) is 6.39. The van der Waals surface area contributed by atoms with E-state index in [1.54, 1.807) is 6.33 Å². The zero-order chi connectivity index (χ0) is 22.6.